The van der Waals surface area contributed by atoms with Gasteiger partial charge in [-0.15, -0.1) is 0 Å². The topological polar surface area (TPSA) is 88.5 Å². The lowest BCUT2D eigenvalue weighted by molar-refractivity contribution is -0.140. The molecule has 1 aromatic heterocycles. The van der Waals surface area contributed by atoms with Crippen LogP contribution in [0.1, 0.15) is 36.8 Å². The van der Waals surface area contributed by atoms with Crippen LogP contribution in [0.3, 0.4) is 0 Å². The Kier molecular flexibility index (Phi) is 5.51. The third kappa shape index (κ3) is 4.81. The number of nitrogens with zero attached hydrogens (tertiary/aromatic N) is 1. The molecule has 0 spiro atoms. The number of benzene rings is 1. The van der Waals surface area contributed by atoms with Gasteiger partial charge in [0.15, 0.2) is 0 Å². The molecular formula is C20H22N2O4. The van der Waals surface area contributed by atoms with Crippen LogP contribution in [-0.4, -0.2) is 27.5 Å². The highest BCUT2D eigenvalue weighted by atomic mass is 16.5. The lowest BCUT2D eigenvalue weighted by Crippen LogP contribution is -2.55. The van der Waals surface area contributed by atoms with E-state index in [1.165, 1.54) is 0 Å². The first-order valence-electron chi connectivity index (χ1n) is 8.68. The van der Waals surface area contributed by atoms with Crippen molar-refractivity contribution in [1.29, 1.82) is 0 Å². The van der Waals surface area contributed by atoms with Crippen molar-refractivity contribution < 1.29 is 19.4 Å². The summed E-state index contributed by atoms with van der Waals surface area (Å²) >= 11 is 0. The highest BCUT2D eigenvalue weighted by Gasteiger charge is 2.40. The summed E-state index contributed by atoms with van der Waals surface area (Å²) in [6.45, 7) is 0.408. The van der Waals surface area contributed by atoms with Gasteiger partial charge in [-0.05, 0) is 43.0 Å². The first-order valence-corrected chi connectivity index (χ1v) is 8.68. The first-order chi connectivity index (χ1) is 12.5. The maximum Gasteiger partial charge on any atom is 0.305 e. The van der Waals surface area contributed by atoms with Gasteiger partial charge in [0.1, 0.15) is 12.4 Å². The van der Waals surface area contributed by atoms with Gasteiger partial charge in [-0.25, -0.2) is 0 Å². The molecule has 0 saturated heterocycles. The molecule has 2 aromatic rings. The van der Waals surface area contributed by atoms with Crippen LogP contribution in [-0.2, 0) is 22.6 Å². The van der Waals surface area contributed by atoms with Gasteiger partial charge >= 0.3 is 5.97 Å². The average molecular weight is 354 g/mol. The van der Waals surface area contributed by atoms with Crippen molar-refractivity contribution in [2.24, 2.45) is 0 Å². The molecule has 136 valence electrons. The molecule has 6 heteroatoms. The molecule has 26 heavy (non-hydrogen) atoms. The fourth-order valence-corrected chi connectivity index (χ4v) is 3.16. The molecule has 1 saturated carbocycles. The SMILES string of the molecule is O=C(O)CC1(NC(=O)Cc2cccc(OCc3cccnc3)c2)CCC1. The highest BCUT2D eigenvalue weighted by molar-refractivity contribution is 5.80. The third-order valence-electron chi connectivity index (χ3n) is 4.60. The standard InChI is InChI=1S/C20H22N2O4/c23-18(22-20(7-3-8-20)12-19(24)25)11-15-4-1-6-17(10-15)26-14-16-5-2-9-21-13-16/h1-2,4-6,9-10,13H,3,7-8,11-12,14H2,(H,22,23)(H,24,25). The Bertz CT molecular complexity index is 772. The minimum atomic E-state index is -0.879. The van der Waals surface area contributed by atoms with Crippen molar-refractivity contribution in [2.45, 2.75) is 44.2 Å². The number of nitrogens with one attached hydrogen (secondary N) is 1. The monoisotopic (exact) mass is 354 g/mol. The summed E-state index contributed by atoms with van der Waals surface area (Å²) in [4.78, 5) is 27.4. The molecule has 2 N–H and O–H groups in total. The lowest BCUT2D eigenvalue weighted by Gasteiger charge is -2.41. The molecule has 1 fully saturated rings. The quantitative estimate of drug-likeness (QED) is 0.761. The van der Waals surface area contributed by atoms with E-state index in [0.717, 1.165) is 30.4 Å². The summed E-state index contributed by atoms with van der Waals surface area (Å²) in [5, 5.41) is 12.0. The van der Waals surface area contributed by atoms with Gasteiger partial charge in [-0.2, -0.15) is 0 Å². The van der Waals surface area contributed by atoms with Crippen molar-refractivity contribution in [1.82, 2.24) is 10.3 Å². The van der Waals surface area contributed by atoms with Crippen LogP contribution < -0.4 is 10.1 Å². The largest absolute Gasteiger partial charge is 0.489 e. The third-order valence-corrected chi connectivity index (χ3v) is 4.60. The maximum absolute atomic E-state index is 12.3. The van der Waals surface area contributed by atoms with E-state index in [-0.39, 0.29) is 18.7 Å². The Morgan fingerprint density at radius 2 is 2.00 bits per heavy atom. The lowest BCUT2D eigenvalue weighted by atomic mass is 9.74. The zero-order valence-corrected chi connectivity index (χ0v) is 14.5. The van der Waals surface area contributed by atoms with Crippen LogP contribution in [0, 0.1) is 0 Å². The number of carboxylic acids is 1. The first kappa shape index (κ1) is 17.9. The van der Waals surface area contributed by atoms with E-state index in [1.54, 1.807) is 12.4 Å². The summed E-state index contributed by atoms with van der Waals surface area (Å²) in [6.07, 6.45) is 6.03. The van der Waals surface area contributed by atoms with E-state index >= 15 is 0 Å². The molecule has 0 radical (unpaired) electrons. The van der Waals surface area contributed by atoms with Crippen molar-refractivity contribution in [3.63, 3.8) is 0 Å². The van der Waals surface area contributed by atoms with E-state index in [4.69, 9.17) is 9.84 Å². The van der Waals surface area contributed by atoms with Crippen molar-refractivity contribution in [3.05, 3.63) is 59.9 Å². The number of rotatable bonds is 8. The summed E-state index contributed by atoms with van der Waals surface area (Å²) < 4.78 is 5.75. The van der Waals surface area contributed by atoms with E-state index in [1.807, 2.05) is 36.4 Å². The second-order valence-electron chi connectivity index (χ2n) is 6.73. The van der Waals surface area contributed by atoms with Crippen LogP contribution in [0.15, 0.2) is 48.8 Å². The van der Waals surface area contributed by atoms with E-state index in [0.29, 0.717) is 12.4 Å². The van der Waals surface area contributed by atoms with Gasteiger partial charge in [0.25, 0.3) is 0 Å². The van der Waals surface area contributed by atoms with Gasteiger partial charge < -0.3 is 15.2 Å². The highest BCUT2D eigenvalue weighted by Crippen LogP contribution is 2.35. The molecule has 1 amide bonds. The summed E-state index contributed by atoms with van der Waals surface area (Å²) in [5.74, 6) is -0.353. The number of hydrogen-bond donors (Lipinski definition) is 2. The van der Waals surface area contributed by atoms with Crippen molar-refractivity contribution in [3.8, 4) is 5.75 Å². The summed E-state index contributed by atoms with van der Waals surface area (Å²) in [5.41, 5.74) is 1.23. The van der Waals surface area contributed by atoms with E-state index in [2.05, 4.69) is 10.3 Å². The maximum atomic E-state index is 12.3. The number of hydrogen-bond acceptors (Lipinski definition) is 4. The normalized spacial score (nSPS) is 14.9. The molecule has 0 aliphatic heterocycles. The van der Waals surface area contributed by atoms with Gasteiger partial charge in [0.2, 0.25) is 5.91 Å². The zero-order valence-electron chi connectivity index (χ0n) is 14.5. The van der Waals surface area contributed by atoms with E-state index < -0.39 is 11.5 Å². The van der Waals surface area contributed by atoms with Crippen LogP contribution >= 0.6 is 0 Å². The molecule has 0 bridgehead atoms. The molecule has 3 rings (SSSR count). The molecule has 1 heterocycles. The average Bonchev–Trinajstić information content (AvgIpc) is 2.59. The fourth-order valence-electron chi connectivity index (χ4n) is 3.16. The van der Waals surface area contributed by atoms with Gasteiger partial charge in [-0.1, -0.05) is 18.2 Å². The molecular weight excluding hydrogens is 332 g/mol. The Labute approximate surface area is 152 Å². The van der Waals surface area contributed by atoms with Crippen molar-refractivity contribution in [2.75, 3.05) is 0 Å². The number of aromatic nitrogens is 1. The molecule has 1 aliphatic rings. The van der Waals surface area contributed by atoms with Crippen LogP contribution in [0.4, 0.5) is 0 Å². The minimum Gasteiger partial charge on any atom is -0.489 e. The van der Waals surface area contributed by atoms with Crippen molar-refractivity contribution >= 4 is 11.9 Å². The Morgan fingerprint density at radius 3 is 2.65 bits per heavy atom. The van der Waals surface area contributed by atoms with Gasteiger partial charge in [0.05, 0.1) is 18.4 Å². The number of ether oxygens (including phenoxy) is 1. The zero-order chi connectivity index (χ0) is 18.4. The second kappa shape index (κ2) is 7.99. The minimum absolute atomic E-state index is 0.0208. The fraction of sp³-hybridized carbons (Fsp3) is 0.350. The second-order valence-corrected chi connectivity index (χ2v) is 6.73. The molecule has 1 aliphatic carbocycles. The number of carbonyl (C=O) groups is 2. The number of pyridine rings is 1. The summed E-state index contributed by atoms with van der Waals surface area (Å²) in [6, 6.07) is 11.2. The molecule has 0 unspecified atom stereocenters. The predicted molar refractivity (Wildman–Crippen MR) is 95.7 cm³/mol. The number of carboxylic acid groups (broad SMARTS) is 1. The number of carbonyl (C=O) groups excluding carboxylic acids is 1. The summed E-state index contributed by atoms with van der Waals surface area (Å²) in [7, 11) is 0. The molecule has 0 atom stereocenters. The van der Waals surface area contributed by atoms with Crippen LogP contribution in [0.5, 0.6) is 5.75 Å². The van der Waals surface area contributed by atoms with E-state index in [9.17, 15) is 9.59 Å². The Balaban J connectivity index is 1.56. The van der Waals surface area contributed by atoms with Crippen LogP contribution in [0.25, 0.3) is 0 Å². The van der Waals surface area contributed by atoms with Crippen LogP contribution in [0.2, 0.25) is 0 Å². The predicted octanol–water partition coefficient (Wildman–Crippen LogP) is 2.72. The number of aliphatic carboxylic acids is 1. The number of amides is 1. The van der Waals surface area contributed by atoms with Gasteiger partial charge in [0, 0.05) is 18.0 Å². The van der Waals surface area contributed by atoms with Gasteiger partial charge in [-0.3, -0.25) is 14.6 Å². The smallest absolute Gasteiger partial charge is 0.305 e. The Morgan fingerprint density at radius 1 is 1.19 bits per heavy atom. The molecule has 6 nitrogen and oxygen atoms in total. The Hall–Kier alpha value is -2.89. The molecule has 1 aromatic carbocycles.